The van der Waals surface area contributed by atoms with Crippen molar-refractivity contribution in [3.63, 3.8) is 0 Å². The van der Waals surface area contributed by atoms with Crippen LogP contribution in [0.5, 0.6) is 0 Å². The smallest absolute Gasteiger partial charge is 0.321 e. The summed E-state index contributed by atoms with van der Waals surface area (Å²) in [6.07, 6.45) is 1.29. The van der Waals surface area contributed by atoms with Crippen LogP contribution < -0.4 is 0 Å². The van der Waals surface area contributed by atoms with Gasteiger partial charge in [-0.25, -0.2) is 13.4 Å². The maximum Gasteiger partial charge on any atom is 0.321 e. The number of pyridine rings is 1. The van der Waals surface area contributed by atoms with Crippen LogP contribution in [0.3, 0.4) is 0 Å². The molecular weight excluding hydrogens is 280 g/mol. The molecule has 0 aromatic carbocycles. The molecule has 8 heteroatoms. The van der Waals surface area contributed by atoms with Gasteiger partial charge in [-0.3, -0.25) is 4.79 Å². The first-order valence-corrected chi connectivity index (χ1v) is 6.92. The molecule has 0 unspecified atom stereocenters. The molecule has 18 heavy (non-hydrogen) atoms. The Labute approximate surface area is 111 Å². The number of carbonyl (C=O) groups is 1. The number of likely N-dealkylation sites (N-methyl/N-ethyl adjacent to an activating group) is 1. The highest BCUT2D eigenvalue weighted by molar-refractivity contribution is 7.89. The number of esters is 1. The number of halogens is 1. The van der Waals surface area contributed by atoms with Crippen LogP contribution in [0.25, 0.3) is 0 Å². The molecule has 0 atom stereocenters. The third kappa shape index (κ3) is 3.41. The topological polar surface area (TPSA) is 76.6 Å². The van der Waals surface area contributed by atoms with Gasteiger partial charge in [-0.15, -0.1) is 0 Å². The van der Waals surface area contributed by atoms with Gasteiger partial charge in [0.15, 0.2) is 0 Å². The average Bonchev–Trinajstić information content (AvgIpc) is 2.35. The number of hydrogen-bond donors (Lipinski definition) is 0. The maximum atomic E-state index is 12.2. The highest BCUT2D eigenvalue weighted by atomic mass is 35.5. The van der Waals surface area contributed by atoms with E-state index in [9.17, 15) is 13.2 Å². The lowest BCUT2D eigenvalue weighted by molar-refractivity contribution is -0.140. The Balaban J connectivity index is 3.07. The molecule has 1 heterocycles. The van der Waals surface area contributed by atoms with Crippen molar-refractivity contribution in [3.05, 3.63) is 23.5 Å². The summed E-state index contributed by atoms with van der Waals surface area (Å²) in [5, 5.41) is 0.0743. The Morgan fingerprint density at radius 1 is 1.56 bits per heavy atom. The number of ether oxygens (including phenoxy) is 1. The second kappa shape index (κ2) is 6.12. The molecule has 6 nitrogen and oxygen atoms in total. The van der Waals surface area contributed by atoms with E-state index in [0.717, 1.165) is 4.31 Å². The average molecular weight is 293 g/mol. The number of carbonyl (C=O) groups excluding carboxylic acids is 1. The molecule has 0 saturated heterocycles. The van der Waals surface area contributed by atoms with Gasteiger partial charge < -0.3 is 4.74 Å². The van der Waals surface area contributed by atoms with Crippen molar-refractivity contribution < 1.29 is 17.9 Å². The van der Waals surface area contributed by atoms with Crippen molar-refractivity contribution in [3.8, 4) is 0 Å². The number of rotatable bonds is 5. The van der Waals surface area contributed by atoms with Gasteiger partial charge in [-0.1, -0.05) is 18.5 Å². The fourth-order valence-corrected chi connectivity index (χ4v) is 2.91. The molecule has 0 bridgehead atoms. The molecule has 0 radical (unpaired) electrons. The third-order valence-corrected chi connectivity index (χ3v) is 4.35. The summed E-state index contributed by atoms with van der Waals surface area (Å²) in [4.78, 5) is 14.9. The third-order valence-electron chi connectivity index (χ3n) is 2.22. The first kappa shape index (κ1) is 14.9. The second-order valence-electron chi connectivity index (χ2n) is 3.32. The Hall–Kier alpha value is -1.18. The zero-order valence-corrected chi connectivity index (χ0v) is 11.5. The molecule has 1 aromatic rings. The number of methoxy groups -OCH3 is 1. The number of hydrogen-bond acceptors (Lipinski definition) is 5. The predicted octanol–water partition coefficient (Wildman–Crippen LogP) is 0.919. The quantitative estimate of drug-likeness (QED) is 0.596. The molecule has 0 spiro atoms. The lowest BCUT2D eigenvalue weighted by atomic mass is 10.5. The summed E-state index contributed by atoms with van der Waals surface area (Å²) in [5.41, 5.74) is 0. The molecule has 0 aliphatic carbocycles. The molecule has 1 aromatic heterocycles. The summed E-state index contributed by atoms with van der Waals surface area (Å²) in [5.74, 6) is -0.624. The first-order chi connectivity index (χ1) is 8.41. The standard InChI is InChI=1S/C10H13ClN2O4S/c1-3-13(7-10(14)17-2)18(15,16)8-4-5-12-9(11)6-8/h4-6H,3,7H2,1-2H3. The molecule has 100 valence electrons. The van der Waals surface area contributed by atoms with Gasteiger partial charge in [0.05, 0.1) is 12.0 Å². The van der Waals surface area contributed by atoms with E-state index in [2.05, 4.69) is 9.72 Å². The van der Waals surface area contributed by atoms with Crippen molar-refractivity contribution >= 4 is 27.6 Å². The van der Waals surface area contributed by atoms with Gasteiger partial charge in [0.25, 0.3) is 0 Å². The van der Waals surface area contributed by atoms with Crippen LogP contribution >= 0.6 is 11.6 Å². The van der Waals surface area contributed by atoms with Crippen molar-refractivity contribution in [2.75, 3.05) is 20.2 Å². The van der Waals surface area contributed by atoms with E-state index >= 15 is 0 Å². The highest BCUT2D eigenvalue weighted by Crippen LogP contribution is 2.17. The van der Waals surface area contributed by atoms with E-state index in [4.69, 9.17) is 11.6 Å². The summed E-state index contributed by atoms with van der Waals surface area (Å²) >= 11 is 5.65. The molecule has 0 aliphatic rings. The summed E-state index contributed by atoms with van der Waals surface area (Å²) in [6, 6.07) is 2.55. The maximum absolute atomic E-state index is 12.2. The summed E-state index contributed by atoms with van der Waals surface area (Å²) in [7, 11) is -2.57. The van der Waals surface area contributed by atoms with Gasteiger partial charge in [0.2, 0.25) is 10.0 Å². The van der Waals surface area contributed by atoms with Gasteiger partial charge in [0.1, 0.15) is 11.7 Å². The summed E-state index contributed by atoms with van der Waals surface area (Å²) in [6.45, 7) is 1.44. The van der Waals surface area contributed by atoms with Crippen LogP contribution in [0.1, 0.15) is 6.92 Å². The SMILES string of the molecule is CCN(CC(=O)OC)S(=O)(=O)c1ccnc(Cl)c1. The van der Waals surface area contributed by atoms with Crippen LogP contribution in [0.15, 0.2) is 23.2 Å². The van der Waals surface area contributed by atoms with Crippen molar-refractivity contribution in [2.24, 2.45) is 0 Å². The van der Waals surface area contributed by atoms with Crippen molar-refractivity contribution in [1.29, 1.82) is 0 Å². The second-order valence-corrected chi connectivity index (χ2v) is 5.65. The minimum absolute atomic E-state index is 0.00625. The normalized spacial score (nSPS) is 11.6. The van der Waals surface area contributed by atoms with Crippen LogP contribution in [-0.4, -0.2) is 43.9 Å². The predicted molar refractivity (Wildman–Crippen MR) is 65.7 cm³/mol. The van der Waals surface area contributed by atoms with E-state index in [1.165, 1.54) is 25.4 Å². The molecule has 0 amide bonds. The largest absolute Gasteiger partial charge is 0.468 e. The number of aromatic nitrogens is 1. The van der Waals surface area contributed by atoms with Crippen LogP contribution in [0.2, 0.25) is 5.15 Å². The van der Waals surface area contributed by atoms with E-state index in [0.29, 0.717) is 0 Å². The fourth-order valence-electron chi connectivity index (χ4n) is 1.27. The zero-order valence-electron chi connectivity index (χ0n) is 9.96. The van der Waals surface area contributed by atoms with Crippen molar-refractivity contribution in [1.82, 2.24) is 9.29 Å². The lowest BCUT2D eigenvalue weighted by Gasteiger charge is -2.19. The van der Waals surface area contributed by atoms with Gasteiger partial charge in [-0.05, 0) is 12.1 Å². The molecule has 0 saturated carbocycles. The van der Waals surface area contributed by atoms with E-state index in [1.807, 2.05) is 0 Å². The molecule has 0 fully saturated rings. The zero-order chi connectivity index (χ0) is 13.8. The first-order valence-electron chi connectivity index (χ1n) is 5.10. The summed E-state index contributed by atoms with van der Waals surface area (Å²) < 4.78 is 29.9. The van der Waals surface area contributed by atoms with E-state index in [-0.39, 0.29) is 23.1 Å². The highest BCUT2D eigenvalue weighted by Gasteiger charge is 2.25. The molecular formula is C10H13ClN2O4S. The number of sulfonamides is 1. The minimum Gasteiger partial charge on any atom is -0.468 e. The van der Waals surface area contributed by atoms with E-state index < -0.39 is 16.0 Å². The van der Waals surface area contributed by atoms with E-state index in [1.54, 1.807) is 6.92 Å². The fraction of sp³-hybridized carbons (Fsp3) is 0.400. The Kier molecular flexibility index (Phi) is 5.06. The Bertz CT molecular complexity index is 532. The van der Waals surface area contributed by atoms with Gasteiger partial charge in [0, 0.05) is 12.7 Å². The number of nitrogens with zero attached hydrogens (tertiary/aromatic N) is 2. The van der Waals surface area contributed by atoms with Crippen LogP contribution in [0.4, 0.5) is 0 Å². The van der Waals surface area contributed by atoms with Gasteiger partial charge in [-0.2, -0.15) is 4.31 Å². The minimum atomic E-state index is -3.77. The van der Waals surface area contributed by atoms with Gasteiger partial charge >= 0.3 is 5.97 Å². The van der Waals surface area contributed by atoms with Crippen molar-refractivity contribution in [2.45, 2.75) is 11.8 Å². The monoisotopic (exact) mass is 292 g/mol. The molecule has 0 aliphatic heterocycles. The molecule has 0 N–H and O–H groups in total. The Morgan fingerprint density at radius 3 is 2.72 bits per heavy atom. The van der Waals surface area contributed by atoms with Crippen LogP contribution in [0, 0.1) is 0 Å². The van der Waals surface area contributed by atoms with Crippen LogP contribution in [-0.2, 0) is 19.6 Å². The Morgan fingerprint density at radius 2 is 2.22 bits per heavy atom. The molecule has 1 rings (SSSR count). The lowest BCUT2D eigenvalue weighted by Crippen LogP contribution is -2.36.